The van der Waals surface area contributed by atoms with Crippen LogP contribution in [0.3, 0.4) is 0 Å². The minimum atomic E-state index is -3.48. The molecule has 0 saturated carbocycles. The average molecular weight is 338 g/mol. The van der Waals surface area contributed by atoms with E-state index in [2.05, 4.69) is 17.6 Å². The zero-order valence-corrected chi connectivity index (χ0v) is 14.9. The number of hydrogen-bond acceptors (Lipinski definition) is 4. The molecule has 0 bridgehead atoms. The summed E-state index contributed by atoms with van der Waals surface area (Å²) < 4.78 is 23.2. The number of carbonyl (C=O) groups excluding carboxylic acids is 1. The molecule has 2 rings (SSSR count). The standard InChI is InChI=1S/C17H26N2O3S/c1-4-14-5-7-15(8-6-14)13(2)19-16(20)17(23(3,21)22)9-11-18-12-10-17/h5-8,13,18H,4,9-12H2,1-3H3,(H,19,20). The smallest absolute Gasteiger partial charge is 0.242 e. The Morgan fingerprint density at radius 3 is 2.30 bits per heavy atom. The number of aryl methyl sites for hydroxylation is 1. The van der Waals surface area contributed by atoms with Gasteiger partial charge in [-0.05, 0) is 50.4 Å². The van der Waals surface area contributed by atoms with Gasteiger partial charge in [0.2, 0.25) is 5.91 Å². The molecule has 1 aliphatic rings. The highest BCUT2D eigenvalue weighted by Gasteiger charge is 2.48. The fourth-order valence-corrected chi connectivity index (χ4v) is 4.39. The van der Waals surface area contributed by atoms with Gasteiger partial charge >= 0.3 is 0 Å². The Kier molecular flexibility index (Phi) is 5.47. The summed E-state index contributed by atoms with van der Waals surface area (Å²) >= 11 is 0. The molecular formula is C17H26N2O3S. The van der Waals surface area contributed by atoms with Gasteiger partial charge in [0.05, 0.1) is 6.04 Å². The number of piperidine rings is 1. The summed E-state index contributed by atoms with van der Waals surface area (Å²) in [4.78, 5) is 12.8. The average Bonchev–Trinajstić information content (AvgIpc) is 2.54. The first-order chi connectivity index (χ1) is 10.8. The second-order valence-corrected chi connectivity index (χ2v) is 8.63. The molecule has 1 unspecified atom stereocenters. The lowest BCUT2D eigenvalue weighted by Gasteiger charge is -2.35. The van der Waals surface area contributed by atoms with Crippen molar-refractivity contribution < 1.29 is 13.2 Å². The maximum atomic E-state index is 12.8. The minimum absolute atomic E-state index is 0.220. The highest BCUT2D eigenvalue weighted by atomic mass is 32.2. The van der Waals surface area contributed by atoms with Gasteiger partial charge < -0.3 is 10.6 Å². The number of amides is 1. The molecule has 2 N–H and O–H groups in total. The van der Waals surface area contributed by atoms with Crippen LogP contribution in [-0.2, 0) is 21.1 Å². The normalized spacial score (nSPS) is 19.1. The fourth-order valence-electron chi connectivity index (χ4n) is 3.05. The van der Waals surface area contributed by atoms with Gasteiger partial charge in [-0.25, -0.2) is 8.42 Å². The van der Waals surface area contributed by atoms with Crippen molar-refractivity contribution in [3.05, 3.63) is 35.4 Å². The van der Waals surface area contributed by atoms with E-state index in [1.165, 1.54) is 11.8 Å². The van der Waals surface area contributed by atoms with Crippen molar-refractivity contribution in [1.82, 2.24) is 10.6 Å². The maximum absolute atomic E-state index is 12.8. The largest absolute Gasteiger partial charge is 0.348 e. The van der Waals surface area contributed by atoms with E-state index in [0.717, 1.165) is 12.0 Å². The van der Waals surface area contributed by atoms with Crippen LogP contribution in [0.25, 0.3) is 0 Å². The number of sulfone groups is 1. The molecule has 0 aromatic heterocycles. The molecule has 1 aliphatic heterocycles. The summed E-state index contributed by atoms with van der Waals surface area (Å²) in [6.07, 6.45) is 2.77. The topological polar surface area (TPSA) is 75.3 Å². The summed E-state index contributed by atoms with van der Waals surface area (Å²) in [5.41, 5.74) is 2.21. The zero-order chi connectivity index (χ0) is 17.1. The van der Waals surface area contributed by atoms with Crippen LogP contribution in [0.4, 0.5) is 0 Å². The van der Waals surface area contributed by atoms with Crippen LogP contribution in [-0.4, -0.2) is 38.4 Å². The van der Waals surface area contributed by atoms with Crippen LogP contribution in [0, 0.1) is 0 Å². The van der Waals surface area contributed by atoms with Gasteiger partial charge in [0, 0.05) is 6.26 Å². The number of carbonyl (C=O) groups is 1. The van der Waals surface area contributed by atoms with Crippen LogP contribution in [0.1, 0.15) is 43.9 Å². The first kappa shape index (κ1) is 17.9. The number of rotatable bonds is 5. The Morgan fingerprint density at radius 2 is 1.83 bits per heavy atom. The summed E-state index contributed by atoms with van der Waals surface area (Å²) in [6.45, 7) is 5.06. The van der Waals surface area contributed by atoms with Gasteiger partial charge in [0.15, 0.2) is 14.6 Å². The van der Waals surface area contributed by atoms with Crippen molar-refractivity contribution in [2.75, 3.05) is 19.3 Å². The van der Waals surface area contributed by atoms with Crippen molar-refractivity contribution in [3.63, 3.8) is 0 Å². The van der Waals surface area contributed by atoms with E-state index in [-0.39, 0.29) is 11.9 Å². The molecule has 0 aliphatic carbocycles. The highest BCUT2D eigenvalue weighted by Crippen LogP contribution is 2.29. The van der Waals surface area contributed by atoms with Crippen molar-refractivity contribution >= 4 is 15.7 Å². The third kappa shape index (κ3) is 3.75. The molecular weight excluding hydrogens is 312 g/mol. The molecule has 128 valence electrons. The molecule has 1 amide bonds. The van der Waals surface area contributed by atoms with Crippen LogP contribution in [0.15, 0.2) is 24.3 Å². The third-order valence-electron chi connectivity index (χ3n) is 4.77. The predicted molar refractivity (Wildman–Crippen MR) is 92.1 cm³/mol. The zero-order valence-electron chi connectivity index (χ0n) is 14.1. The molecule has 1 heterocycles. The highest BCUT2D eigenvalue weighted by molar-refractivity contribution is 7.92. The van der Waals surface area contributed by atoms with Crippen LogP contribution >= 0.6 is 0 Å². The monoisotopic (exact) mass is 338 g/mol. The molecule has 0 spiro atoms. The van der Waals surface area contributed by atoms with Gasteiger partial charge in [0.25, 0.3) is 0 Å². The van der Waals surface area contributed by atoms with E-state index in [4.69, 9.17) is 0 Å². The van der Waals surface area contributed by atoms with E-state index in [1.54, 1.807) is 0 Å². The summed E-state index contributed by atoms with van der Waals surface area (Å²) in [5.74, 6) is -0.381. The van der Waals surface area contributed by atoms with E-state index in [1.807, 2.05) is 31.2 Å². The van der Waals surface area contributed by atoms with Crippen molar-refractivity contribution in [2.45, 2.75) is 43.9 Å². The predicted octanol–water partition coefficient (Wildman–Crippen LogP) is 1.59. The Hall–Kier alpha value is -1.40. The van der Waals surface area contributed by atoms with Crippen LogP contribution < -0.4 is 10.6 Å². The van der Waals surface area contributed by atoms with Gasteiger partial charge in [-0.3, -0.25) is 4.79 Å². The fraction of sp³-hybridized carbons (Fsp3) is 0.588. The van der Waals surface area contributed by atoms with Crippen LogP contribution in [0.2, 0.25) is 0 Å². The lowest BCUT2D eigenvalue weighted by Crippen LogP contribution is -2.57. The molecule has 23 heavy (non-hydrogen) atoms. The first-order valence-corrected chi connectivity index (χ1v) is 9.99. The Balaban J connectivity index is 2.17. The van der Waals surface area contributed by atoms with Gasteiger partial charge in [0.1, 0.15) is 0 Å². The van der Waals surface area contributed by atoms with E-state index in [9.17, 15) is 13.2 Å². The van der Waals surface area contributed by atoms with Gasteiger partial charge in [-0.1, -0.05) is 31.2 Å². The first-order valence-electron chi connectivity index (χ1n) is 8.10. The lowest BCUT2D eigenvalue weighted by molar-refractivity contribution is -0.125. The van der Waals surface area contributed by atoms with E-state index in [0.29, 0.717) is 25.9 Å². The molecule has 6 heteroatoms. The molecule has 1 atom stereocenters. The van der Waals surface area contributed by atoms with E-state index >= 15 is 0 Å². The summed E-state index contributed by atoms with van der Waals surface area (Å²) in [7, 11) is -3.48. The minimum Gasteiger partial charge on any atom is -0.348 e. The van der Waals surface area contributed by atoms with Crippen molar-refractivity contribution in [2.24, 2.45) is 0 Å². The summed E-state index contributed by atoms with van der Waals surface area (Å²) in [5, 5.41) is 6.02. The quantitative estimate of drug-likeness (QED) is 0.855. The Morgan fingerprint density at radius 1 is 1.26 bits per heavy atom. The van der Waals surface area contributed by atoms with Crippen molar-refractivity contribution in [1.29, 1.82) is 0 Å². The van der Waals surface area contributed by atoms with E-state index < -0.39 is 14.6 Å². The molecule has 1 aromatic carbocycles. The second kappa shape index (κ2) is 7.01. The Bertz CT molecular complexity index is 647. The second-order valence-electron chi connectivity index (χ2n) is 6.31. The third-order valence-corrected chi connectivity index (χ3v) is 6.78. The number of benzene rings is 1. The van der Waals surface area contributed by atoms with Gasteiger partial charge in [-0.15, -0.1) is 0 Å². The molecule has 5 nitrogen and oxygen atoms in total. The lowest BCUT2D eigenvalue weighted by atomic mass is 9.95. The Labute approximate surface area is 138 Å². The van der Waals surface area contributed by atoms with Gasteiger partial charge in [-0.2, -0.15) is 0 Å². The molecule has 1 saturated heterocycles. The molecule has 1 aromatic rings. The van der Waals surface area contributed by atoms with Crippen LogP contribution in [0.5, 0.6) is 0 Å². The maximum Gasteiger partial charge on any atom is 0.242 e. The number of nitrogens with one attached hydrogen (secondary N) is 2. The molecule has 1 fully saturated rings. The van der Waals surface area contributed by atoms with Crippen molar-refractivity contribution in [3.8, 4) is 0 Å². The summed E-state index contributed by atoms with van der Waals surface area (Å²) in [6, 6.07) is 7.82. The molecule has 0 radical (unpaired) electrons. The SMILES string of the molecule is CCc1ccc(C(C)NC(=O)C2(S(C)(=O)=O)CCNCC2)cc1. The number of hydrogen-bond donors (Lipinski definition) is 2.